The maximum absolute atomic E-state index is 12.7. The molecule has 0 fully saturated rings. The van der Waals surface area contributed by atoms with Crippen LogP contribution in [0.4, 0.5) is 4.39 Å². The van der Waals surface area contributed by atoms with Crippen molar-refractivity contribution < 1.29 is 9.50 Å². The summed E-state index contributed by atoms with van der Waals surface area (Å²) in [6.07, 6.45) is 0.216. The predicted octanol–water partition coefficient (Wildman–Crippen LogP) is 2.41. The minimum Gasteiger partial charge on any atom is -0.382 e. The topological polar surface area (TPSA) is 20.2 Å². The van der Waals surface area contributed by atoms with Crippen LogP contribution in [0, 0.1) is 18.8 Å². The van der Waals surface area contributed by atoms with Crippen molar-refractivity contribution in [2.75, 3.05) is 0 Å². The zero-order valence-corrected chi connectivity index (χ0v) is 6.56. The molecular formula is C9H10FO. The number of aliphatic hydroxyl groups excluding tert-OH is 1. The molecule has 0 saturated heterocycles. The largest absolute Gasteiger partial charge is 0.382 e. The van der Waals surface area contributed by atoms with Crippen molar-refractivity contribution in [3.63, 3.8) is 0 Å². The normalized spacial score (nSPS) is 10.6. The van der Waals surface area contributed by atoms with Crippen LogP contribution in [0.5, 0.6) is 0 Å². The summed E-state index contributed by atoms with van der Waals surface area (Å²) in [6, 6.07) is 4.52. The zero-order valence-electron chi connectivity index (χ0n) is 6.56. The van der Waals surface area contributed by atoms with E-state index in [1.807, 2.05) is 0 Å². The maximum Gasteiger partial charge on any atom is 0.126 e. The smallest absolute Gasteiger partial charge is 0.126 e. The summed E-state index contributed by atoms with van der Waals surface area (Å²) in [7, 11) is 0. The summed E-state index contributed by atoms with van der Waals surface area (Å²) in [5, 5.41) is 9.03. The summed E-state index contributed by atoms with van der Waals surface area (Å²) in [6.45, 7) is 3.24. The van der Waals surface area contributed by atoms with E-state index in [4.69, 9.17) is 5.11 Å². The summed E-state index contributed by atoms with van der Waals surface area (Å²) in [5.74, 6) is -0.241. The third-order valence-electron chi connectivity index (χ3n) is 1.58. The lowest BCUT2D eigenvalue weighted by atomic mass is 10.1. The first-order valence-electron chi connectivity index (χ1n) is 3.40. The summed E-state index contributed by atoms with van der Waals surface area (Å²) < 4.78 is 12.7. The number of rotatable bonds is 1. The molecule has 0 aliphatic heterocycles. The van der Waals surface area contributed by atoms with Crippen LogP contribution >= 0.6 is 0 Å². The Labute approximate surface area is 65.5 Å². The number of aliphatic hydroxyl groups is 1. The van der Waals surface area contributed by atoms with E-state index in [0.29, 0.717) is 11.1 Å². The Balaban J connectivity index is 3.05. The van der Waals surface area contributed by atoms with E-state index in [1.165, 1.54) is 6.07 Å². The highest BCUT2D eigenvalue weighted by molar-refractivity contribution is 5.30. The Morgan fingerprint density at radius 2 is 2.09 bits per heavy atom. The molecule has 1 aromatic rings. The van der Waals surface area contributed by atoms with Gasteiger partial charge < -0.3 is 5.11 Å². The Bertz CT molecular complexity index is 256. The lowest BCUT2D eigenvalue weighted by molar-refractivity contribution is 0.340. The number of aryl methyl sites for hydroxylation is 1. The van der Waals surface area contributed by atoms with Crippen LogP contribution in [0.1, 0.15) is 18.1 Å². The van der Waals surface area contributed by atoms with Crippen molar-refractivity contribution >= 4 is 0 Å². The molecule has 1 radical (unpaired) electrons. The molecule has 0 heterocycles. The first-order chi connectivity index (χ1) is 5.11. The molecule has 1 aromatic carbocycles. The van der Waals surface area contributed by atoms with Gasteiger partial charge in [-0.2, -0.15) is 0 Å². The molecule has 0 bridgehead atoms. The number of halogens is 1. The molecule has 1 N–H and O–H groups in total. The fourth-order valence-electron chi connectivity index (χ4n) is 0.870. The predicted molar refractivity (Wildman–Crippen MR) is 41.1 cm³/mol. The minimum atomic E-state index is -0.241. The van der Waals surface area contributed by atoms with Gasteiger partial charge in [-0.25, -0.2) is 4.39 Å². The quantitative estimate of drug-likeness (QED) is 0.656. The molecule has 11 heavy (non-hydrogen) atoms. The van der Waals surface area contributed by atoms with Crippen molar-refractivity contribution in [2.45, 2.75) is 13.8 Å². The number of hydrogen-bond donors (Lipinski definition) is 1. The van der Waals surface area contributed by atoms with Crippen LogP contribution < -0.4 is 0 Å². The van der Waals surface area contributed by atoms with E-state index < -0.39 is 0 Å². The Hall–Kier alpha value is -0.890. The molecule has 0 atom stereocenters. The van der Waals surface area contributed by atoms with Crippen LogP contribution in [0.15, 0.2) is 18.2 Å². The highest BCUT2D eigenvalue weighted by Gasteiger charge is 2.03. The van der Waals surface area contributed by atoms with Crippen LogP contribution in [-0.2, 0) is 0 Å². The van der Waals surface area contributed by atoms with Gasteiger partial charge in [0.15, 0.2) is 0 Å². The maximum atomic E-state index is 12.7. The highest BCUT2D eigenvalue weighted by Crippen LogP contribution is 2.14. The summed E-state index contributed by atoms with van der Waals surface area (Å²) in [4.78, 5) is 0. The van der Waals surface area contributed by atoms with Gasteiger partial charge in [0.05, 0.1) is 0 Å². The Morgan fingerprint density at radius 1 is 1.45 bits per heavy atom. The third kappa shape index (κ3) is 1.77. The molecule has 1 nitrogen and oxygen atoms in total. The number of benzene rings is 1. The fourth-order valence-corrected chi connectivity index (χ4v) is 0.870. The van der Waals surface area contributed by atoms with E-state index in [9.17, 15) is 4.39 Å². The van der Waals surface area contributed by atoms with Crippen LogP contribution in [0.3, 0.4) is 0 Å². The van der Waals surface area contributed by atoms with E-state index in [2.05, 4.69) is 0 Å². The molecule has 0 aliphatic carbocycles. The third-order valence-corrected chi connectivity index (χ3v) is 1.58. The second-order valence-corrected chi connectivity index (χ2v) is 2.55. The van der Waals surface area contributed by atoms with Crippen molar-refractivity contribution in [3.8, 4) is 0 Å². The van der Waals surface area contributed by atoms with Gasteiger partial charge in [-0.1, -0.05) is 12.1 Å². The van der Waals surface area contributed by atoms with E-state index in [-0.39, 0.29) is 11.9 Å². The second-order valence-electron chi connectivity index (χ2n) is 2.55. The molecule has 0 aliphatic rings. The highest BCUT2D eigenvalue weighted by atomic mass is 19.1. The molecule has 1 rings (SSSR count). The van der Waals surface area contributed by atoms with Crippen LogP contribution in [0.25, 0.3) is 0 Å². The number of hydrogen-bond acceptors (Lipinski definition) is 1. The Morgan fingerprint density at radius 3 is 2.55 bits per heavy atom. The van der Waals surface area contributed by atoms with Crippen LogP contribution in [0.2, 0.25) is 0 Å². The molecule has 0 spiro atoms. The van der Waals surface area contributed by atoms with Gasteiger partial charge in [0.1, 0.15) is 11.9 Å². The average Bonchev–Trinajstić information content (AvgIpc) is 1.94. The average molecular weight is 153 g/mol. The standard InChI is InChI=1S/C9H10FO/c1-6-5-8(7(2)11)3-4-9(6)10/h3-5,11H,1-2H3. The molecule has 0 aromatic heterocycles. The summed E-state index contributed by atoms with van der Waals surface area (Å²) in [5.41, 5.74) is 1.22. The monoisotopic (exact) mass is 153 g/mol. The second kappa shape index (κ2) is 3.01. The van der Waals surface area contributed by atoms with Crippen molar-refractivity contribution in [1.82, 2.24) is 0 Å². The van der Waals surface area contributed by atoms with Gasteiger partial charge in [0, 0.05) is 0 Å². The lowest BCUT2D eigenvalue weighted by Crippen LogP contribution is -1.93. The van der Waals surface area contributed by atoms with Crippen LogP contribution in [-0.4, -0.2) is 5.11 Å². The molecular weight excluding hydrogens is 143 g/mol. The van der Waals surface area contributed by atoms with E-state index in [0.717, 1.165) is 0 Å². The van der Waals surface area contributed by atoms with Crippen molar-refractivity contribution in [2.24, 2.45) is 0 Å². The van der Waals surface area contributed by atoms with Gasteiger partial charge in [-0.15, -0.1) is 0 Å². The summed E-state index contributed by atoms with van der Waals surface area (Å²) >= 11 is 0. The SMILES string of the molecule is C[C](O)c1ccc(F)c(C)c1. The molecule has 0 unspecified atom stereocenters. The fraction of sp³-hybridized carbons (Fsp3) is 0.222. The van der Waals surface area contributed by atoms with E-state index >= 15 is 0 Å². The Kier molecular flexibility index (Phi) is 2.25. The van der Waals surface area contributed by atoms with Gasteiger partial charge in [0.25, 0.3) is 0 Å². The van der Waals surface area contributed by atoms with Crippen molar-refractivity contribution in [1.29, 1.82) is 0 Å². The van der Waals surface area contributed by atoms with Gasteiger partial charge in [0.2, 0.25) is 0 Å². The molecule has 59 valence electrons. The van der Waals surface area contributed by atoms with Gasteiger partial charge >= 0.3 is 0 Å². The van der Waals surface area contributed by atoms with Gasteiger partial charge in [-0.3, -0.25) is 0 Å². The first-order valence-corrected chi connectivity index (χ1v) is 3.40. The zero-order chi connectivity index (χ0) is 8.43. The van der Waals surface area contributed by atoms with Gasteiger partial charge in [-0.05, 0) is 31.0 Å². The van der Waals surface area contributed by atoms with Crippen molar-refractivity contribution in [3.05, 3.63) is 41.2 Å². The molecule has 0 amide bonds. The van der Waals surface area contributed by atoms with E-state index in [1.54, 1.807) is 26.0 Å². The lowest BCUT2D eigenvalue weighted by Gasteiger charge is -2.03. The minimum absolute atomic E-state index is 0.216. The molecule has 2 heteroatoms. The first kappa shape index (κ1) is 8.21. The molecule has 0 saturated carbocycles.